The van der Waals surface area contributed by atoms with Gasteiger partial charge in [0, 0.05) is 18.7 Å². The second kappa shape index (κ2) is 9.13. The molecule has 1 atom stereocenters. The van der Waals surface area contributed by atoms with E-state index in [0.717, 1.165) is 18.7 Å². The molecular formula is C24H28N2O4. The Morgan fingerprint density at radius 1 is 1.00 bits per heavy atom. The molecule has 1 unspecified atom stereocenters. The summed E-state index contributed by atoms with van der Waals surface area (Å²) in [6.45, 7) is 8.70. The number of aliphatic hydroxyl groups is 1. The molecule has 1 saturated heterocycles. The molecule has 1 heterocycles. The fourth-order valence-corrected chi connectivity index (χ4v) is 3.77. The number of ketones is 1. The van der Waals surface area contributed by atoms with Gasteiger partial charge in [0.25, 0.3) is 11.7 Å². The number of aromatic hydroxyl groups is 1. The first-order valence-corrected chi connectivity index (χ1v) is 10.2. The molecule has 0 saturated carbocycles. The molecule has 3 rings (SSSR count). The Labute approximate surface area is 177 Å². The molecule has 0 radical (unpaired) electrons. The first-order chi connectivity index (χ1) is 14.4. The van der Waals surface area contributed by atoms with Crippen LogP contribution in [-0.4, -0.2) is 57.9 Å². The van der Waals surface area contributed by atoms with Crippen LogP contribution in [0.15, 0.2) is 54.1 Å². The number of carbonyl (C=O) groups is 2. The molecule has 30 heavy (non-hydrogen) atoms. The molecular weight excluding hydrogens is 380 g/mol. The van der Waals surface area contributed by atoms with Crippen molar-refractivity contribution in [3.05, 3.63) is 70.8 Å². The fourth-order valence-electron chi connectivity index (χ4n) is 3.77. The summed E-state index contributed by atoms with van der Waals surface area (Å²) >= 11 is 0. The van der Waals surface area contributed by atoms with Crippen LogP contribution in [0.4, 0.5) is 0 Å². The number of hydrogen-bond donors (Lipinski definition) is 2. The van der Waals surface area contributed by atoms with Crippen LogP contribution in [0.3, 0.4) is 0 Å². The number of carbonyl (C=O) groups excluding carboxylic acids is 2. The number of Topliss-reactive ketones (excluding diaryl/α,β-unsaturated/α-hetero) is 1. The lowest BCUT2D eigenvalue weighted by Crippen LogP contribution is -2.38. The van der Waals surface area contributed by atoms with Gasteiger partial charge in [0.2, 0.25) is 0 Å². The van der Waals surface area contributed by atoms with E-state index in [1.165, 1.54) is 17.0 Å². The number of amides is 1. The Kier molecular flexibility index (Phi) is 6.57. The Morgan fingerprint density at radius 3 is 2.17 bits per heavy atom. The number of nitrogens with zero attached hydrogens (tertiary/aromatic N) is 2. The summed E-state index contributed by atoms with van der Waals surface area (Å²) in [5.41, 5.74) is 2.27. The van der Waals surface area contributed by atoms with Gasteiger partial charge in [0.1, 0.15) is 11.5 Å². The van der Waals surface area contributed by atoms with Gasteiger partial charge in [-0.3, -0.25) is 9.59 Å². The molecule has 158 valence electrons. The Morgan fingerprint density at radius 2 is 1.60 bits per heavy atom. The molecule has 0 spiro atoms. The van der Waals surface area contributed by atoms with E-state index in [0.29, 0.717) is 24.2 Å². The quantitative estimate of drug-likeness (QED) is 0.417. The van der Waals surface area contributed by atoms with Crippen molar-refractivity contribution in [1.29, 1.82) is 0 Å². The molecule has 6 nitrogen and oxygen atoms in total. The molecule has 1 fully saturated rings. The predicted molar refractivity (Wildman–Crippen MR) is 116 cm³/mol. The molecule has 0 aromatic heterocycles. The zero-order valence-electron chi connectivity index (χ0n) is 17.6. The number of phenolic OH excluding ortho intramolecular Hbond substituents is 1. The van der Waals surface area contributed by atoms with Crippen molar-refractivity contribution in [2.24, 2.45) is 0 Å². The molecule has 0 bridgehead atoms. The number of benzene rings is 2. The van der Waals surface area contributed by atoms with E-state index in [4.69, 9.17) is 0 Å². The average molecular weight is 408 g/mol. The molecule has 6 heteroatoms. The van der Waals surface area contributed by atoms with Crippen molar-refractivity contribution < 1.29 is 19.8 Å². The number of rotatable bonds is 7. The molecule has 1 amide bonds. The molecule has 2 aromatic rings. The van der Waals surface area contributed by atoms with Crippen LogP contribution >= 0.6 is 0 Å². The van der Waals surface area contributed by atoms with E-state index in [2.05, 4.69) is 4.90 Å². The van der Waals surface area contributed by atoms with Gasteiger partial charge in [-0.05, 0) is 37.7 Å². The Bertz CT molecular complexity index is 944. The SMILES string of the molecule is CCN(CC)CCN1C(=O)C(=O)/C(=C(\O)c2ccc(C)cc2)C1c1ccc(O)cc1. The van der Waals surface area contributed by atoms with E-state index in [1.54, 1.807) is 24.3 Å². The molecule has 2 N–H and O–H groups in total. The highest BCUT2D eigenvalue weighted by Crippen LogP contribution is 2.39. The third kappa shape index (κ3) is 4.24. The van der Waals surface area contributed by atoms with E-state index >= 15 is 0 Å². The van der Waals surface area contributed by atoms with Crippen molar-refractivity contribution in [2.75, 3.05) is 26.2 Å². The zero-order valence-corrected chi connectivity index (χ0v) is 17.6. The van der Waals surface area contributed by atoms with Crippen molar-refractivity contribution in [3.63, 3.8) is 0 Å². The van der Waals surface area contributed by atoms with E-state index < -0.39 is 17.7 Å². The predicted octanol–water partition coefficient (Wildman–Crippen LogP) is 3.46. The maximum Gasteiger partial charge on any atom is 0.295 e. The second-order valence-corrected chi connectivity index (χ2v) is 7.48. The van der Waals surface area contributed by atoms with Crippen molar-refractivity contribution in [1.82, 2.24) is 9.80 Å². The van der Waals surface area contributed by atoms with Gasteiger partial charge in [-0.1, -0.05) is 55.8 Å². The highest BCUT2D eigenvalue weighted by atomic mass is 16.3. The lowest BCUT2D eigenvalue weighted by molar-refractivity contribution is -0.140. The van der Waals surface area contributed by atoms with Crippen LogP contribution in [0.5, 0.6) is 5.75 Å². The number of hydrogen-bond acceptors (Lipinski definition) is 5. The highest BCUT2D eigenvalue weighted by molar-refractivity contribution is 6.46. The third-order valence-corrected chi connectivity index (χ3v) is 5.63. The standard InChI is InChI=1S/C24H28N2O4/c1-4-25(5-2)14-15-26-21(17-10-12-19(27)13-11-17)20(23(29)24(26)30)22(28)18-8-6-16(3)7-9-18/h6-13,21,27-28H,4-5,14-15H2,1-3H3/b22-20-. The summed E-state index contributed by atoms with van der Waals surface area (Å²) in [5.74, 6) is -1.39. The Balaban J connectivity index is 2.08. The summed E-state index contributed by atoms with van der Waals surface area (Å²) in [4.78, 5) is 29.6. The second-order valence-electron chi connectivity index (χ2n) is 7.48. The van der Waals surface area contributed by atoms with Gasteiger partial charge in [-0.25, -0.2) is 0 Å². The maximum absolute atomic E-state index is 13.0. The van der Waals surface area contributed by atoms with Gasteiger partial charge >= 0.3 is 0 Å². The summed E-state index contributed by atoms with van der Waals surface area (Å²) < 4.78 is 0. The third-order valence-electron chi connectivity index (χ3n) is 5.63. The van der Waals surface area contributed by atoms with E-state index in [-0.39, 0.29) is 17.1 Å². The number of aryl methyl sites for hydroxylation is 1. The van der Waals surface area contributed by atoms with Crippen LogP contribution in [0, 0.1) is 6.92 Å². The van der Waals surface area contributed by atoms with E-state index in [9.17, 15) is 19.8 Å². The topological polar surface area (TPSA) is 81.1 Å². The first-order valence-electron chi connectivity index (χ1n) is 10.2. The van der Waals surface area contributed by atoms with Crippen molar-refractivity contribution in [2.45, 2.75) is 26.8 Å². The average Bonchev–Trinajstić information content (AvgIpc) is 3.00. The van der Waals surface area contributed by atoms with Gasteiger partial charge < -0.3 is 20.0 Å². The van der Waals surface area contributed by atoms with Crippen LogP contribution in [0.2, 0.25) is 0 Å². The minimum Gasteiger partial charge on any atom is -0.508 e. The van der Waals surface area contributed by atoms with Gasteiger partial charge in [-0.15, -0.1) is 0 Å². The van der Waals surface area contributed by atoms with Crippen molar-refractivity contribution in [3.8, 4) is 5.75 Å². The monoisotopic (exact) mass is 408 g/mol. The summed E-state index contributed by atoms with van der Waals surface area (Å²) in [5, 5.41) is 20.7. The lowest BCUT2D eigenvalue weighted by Gasteiger charge is -2.28. The number of likely N-dealkylation sites (N-methyl/N-ethyl adjacent to an activating group) is 1. The van der Waals surface area contributed by atoms with Crippen LogP contribution in [-0.2, 0) is 9.59 Å². The fraction of sp³-hybridized carbons (Fsp3) is 0.333. The summed E-state index contributed by atoms with van der Waals surface area (Å²) in [6, 6.07) is 12.9. The zero-order chi connectivity index (χ0) is 21.8. The first kappa shape index (κ1) is 21.6. The largest absolute Gasteiger partial charge is 0.508 e. The molecule has 2 aromatic carbocycles. The maximum atomic E-state index is 13.0. The minimum atomic E-state index is -0.706. The van der Waals surface area contributed by atoms with Gasteiger partial charge in [0.15, 0.2) is 0 Å². The number of likely N-dealkylation sites (tertiary alicyclic amines) is 1. The van der Waals surface area contributed by atoms with Crippen LogP contribution in [0.25, 0.3) is 5.76 Å². The molecule has 1 aliphatic heterocycles. The van der Waals surface area contributed by atoms with Gasteiger partial charge in [0.05, 0.1) is 11.6 Å². The number of phenols is 1. The lowest BCUT2D eigenvalue weighted by atomic mass is 9.95. The minimum absolute atomic E-state index is 0.0779. The normalized spacial score (nSPS) is 18.4. The van der Waals surface area contributed by atoms with Crippen LogP contribution in [0.1, 0.15) is 36.6 Å². The smallest absolute Gasteiger partial charge is 0.295 e. The van der Waals surface area contributed by atoms with Crippen LogP contribution < -0.4 is 0 Å². The Hall–Kier alpha value is -3.12. The van der Waals surface area contributed by atoms with E-state index in [1.807, 2.05) is 32.9 Å². The molecule has 0 aliphatic carbocycles. The number of aliphatic hydroxyl groups excluding tert-OH is 1. The highest BCUT2D eigenvalue weighted by Gasteiger charge is 2.45. The van der Waals surface area contributed by atoms with Gasteiger partial charge in [-0.2, -0.15) is 0 Å². The molecule has 1 aliphatic rings. The summed E-state index contributed by atoms with van der Waals surface area (Å²) in [6.07, 6.45) is 0. The summed E-state index contributed by atoms with van der Waals surface area (Å²) in [7, 11) is 0. The van der Waals surface area contributed by atoms with Crippen molar-refractivity contribution >= 4 is 17.4 Å².